The van der Waals surface area contributed by atoms with E-state index in [0.717, 1.165) is 61.2 Å². The molecule has 302 valence electrons. The molecule has 3 saturated carbocycles. The molecular formula is C49H64O7. The van der Waals surface area contributed by atoms with Crippen molar-refractivity contribution in [1.82, 2.24) is 0 Å². The highest BCUT2D eigenvalue weighted by atomic mass is 16.6. The van der Waals surface area contributed by atoms with Gasteiger partial charge < -0.3 is 23.4 Å². The van der Waals surface area contributed by atoms with Gasteiger partial charge in [0.25, 0.3) is 0 Å². The zero-order valence-corrected chi connectivity index (χ0v) is 34.8. The number of hydrogen-bond acceptors (Lipinski definition) is 7. The SMILES string of the molecule is Cc1oc2cc(OCC(=O)O[C@@H]3CC[C@@]4(C)C(=CC[C@@H]5[C@@H]6CC[C@H]([C@H](C)CCCC(C)C)C[C@@]6(C)CC[C@@H]54)C3)ccc2c(=O)c1-c1ccc2c(c1)OCCCO2. The maximum absolute atomic E-state index is 13.7. The van der Waals surface area contributed by atoms with Gasteiger partial charge in [0.2, 0.25) is 5.43 Å². The first-order valence-corrected chi connectivity index (χ1v) is 21.9. The minimum atomic E-state index is -0.362. The van der Waals surface area contributed by atoms with E-state index in [1.54, 1.807) is 25.1 Å². The Balaban J connectivity index is 0.867. The number of esters is 1. The number of hydrogen-bond donors (Lipinski definition) is 0. The molecule has 3 fully saturated rings. The predicted molar refractivity (Wildman–Crippen MR) is 221 cm³/mol. The van der Waals surface area contributed by atoms with Gasteiger partial charge in [-0.05, 0) is 134 Å². The smallest absolute Gasteiger partial charge is 0.344 e. The van der Waals surface area contributed by atoms with E-state index in [2.05, 4.69) is 40.7 Å². The Hall–Kier alpha value is -3.74. The second-order valence-corrected chi connectivity index (χ2v) is 19.2. The first-order valence-electron chi connectivity index (χ1n) is 21.9. The summed E-state index contributed by atoms with van der Waals surface area (Å²) >= 11 is 0. The molecule has 8 atom stereocenters. The van der Waals surface area contributed by atoms with Crippen LogP contribution >= 0.6 is 0 Å². The molecule has 3 aromatic rings. The number of aryl methyl sites for hydroxylation is 1. The van der Waals surface area contributed by atoms with Crippen molar-refractivity contribution in [3.8, 4) is 28.4 Å². The van der Waals surface area contributed by atoms with Crippen LogP contribution in [-0.4, -0.2) is 31.9 Å². The summed E-state index contributed by atoms with van der Waals surface area (Å²) in [5, 5.41) is 0.443. The molecule has 4 aliphatic carbocycles. The van der Waals surface area contributed by atoms with Crippen LogP contribution < -0.4 is 19.6 Å². The highest BCUT2D eigenvalue weighted by Gasteiger charge is 2.56. The third-order valence-corrected chi connectivity index (χ3v) is 15.1. The molecule has 7 nitrogen and oxygen atoms in total. The molecule has 8 rings (SSSR count). The van der Waals surface area contributed by atoms with E-state index < -0.39 is 0 Å². The minimum absolute atomic E-state index is 0.121. The van der Waals surface area contributed by atoms with Gasteiger partial charge in [-0.25, -0.2) is 4.79 Å². The fourth-order valence-corrected chi connectivity index (χ4v) is 12.0. The Labute approximate surface area is 333 Å². The maximum Gasteiger partial charge on any atom is 0.344 e. The molecule has 7 heteroatoms. The second-order valence-electron chi connectivity index (χ2n) is 19.2. The highest BCUT2D eigenvalue weighted by molar-refractivity contribution is 5.84. The summed E-state index contributed by atoms with van der Waals surface area (Å²) in [6, 6.07) is 10.6. The minimum Gasteiger partial charge on any atom is -0.490 e. The molecule has 0 amide bonds. The van der Waals surface area contributed by atoms with Crippen molar-refractivity contribution in [1.29, 1.82) is 0 Å². The molecule has 2 heterocycles. The third-order valence-electron chi connectivity index (χ3n) is 15.1. The number of carbonyl (C=O) groups is 1. The van der Waals surface area contributed by atoms with Crippen LogP contribution in [0, 0.1) is 53.3 Å². The fraction of sp³-hybridized carbons (Fsp3) is 0.633. The Morgan fingerprint density at radius 2 is 1.75 bits per heavy atom. The lowest BCUT2D eigenvalue weighted by Crippen LogP contribution is -2.52. The molecular weight excluding hydrogens is 701 g/mol. The molecule has 0 radical (unpaired) electrons. The monoisotopic (exact) mass is 764 g/mol. The van der Waals surface area contributed by atoms with Crippen LogP contribution in [0.15, 0.2) is 57.3 Å². The van der Waals surface area contributed by atoms with Gasteiger partial charge in [-0.1, -0.05) is 71.6 Å². The van der Waals surface area contributed by atoms with Crippen molar-refractivity contribution in [3.05, 3.63) is 64.0 Å². The third kappa shape index (κ3) is 7.65. The van der Waals surface area contributed by atoms with Gasteiger partial charge in [0, 0.05) is 18.9 Å². The van der Waals surface area contributed by atoms with E-state index in [-0.39, 0.29) is 29.5 Å². The summed E-state index contributed by atoms with van der Waals surface area (Å²) in [5.41, 5.74) is 3.69. The fourth-order valence-electron chi connectivity index (χ4n) is 12.0. The largest absolute Gasteiger partial charge is 0.490 e. The summed E-state index contributed by atoms with van der Waals surface area (Å²) in [5.74, 6) is 6.79. The maximum atomic E-state index is 13.7. The molecule has 0 unspecified atom stereocenters. The quantitative estimate of drug-likeness (QED) is 0.150. The van der Waals surface area contributed by atoms with Crippen molar-refractivity contribution in [3.63, 3.8) is 0 Å². The van der Waals surface area contributed by atoms with E-state index in [4.69, 9.17) is 23.4 Å². The normalized spacial score (nSPS) is 30.3. The van der Waals surface area contributed by atoms with Gasteiger partial charge in [-0.3, -0.25) is 4.79 Å². The van der Waals surface area contributed by atoms with Crippen LogP contribution in [0.3, 0.4) is 0 Å². The molecule has 0 spiro atoms. The number of ether oxygens (including phenoxy) is 4. The van der Waals surface area contributed by atoms with E-state index in [1.165, 1.54) is 63.4 Å². The van der Waals surface area contributed by atoms with Gasteiger partial charge in [-0.2, -0.15) is 0 Å². The Kier molecular flexibility index (Phi) is 11.1. The van der Waals surface area contributed by atoms with Crippen molar-refractivity contribution in [2.45, 2.75) is 131 Å². The average molecular weight is 765 g/mol. The second kappa shape index (κ2) is 15.9. The van der Waals surface area contributed by atoms with Crippen LogP contribution in [0.2, 0.25) is 0 Å². The molecule has 1 aromatic heterocycles. The predicted octanol–water partition coefficient (Wildman–Crippen LogP) is 11.7. The highest BCUT2D eigenvalue weighted by Crippen LogP contribution is 2.65. The van der Waals surface area contributed by atoms with Crippen LogP contribution in [-0.2, 0) is 9.53 Å². The number of carbonyl (C=O) groups excluding carboxylic acids is 1. The van der Waals surface area contributed by atoms with Gasteiger partial charge in [0.1, 0.15) is 23.2 Å². The lowest BCUT2D eigenvalue weighted by atomic mass is 9.44. The zero-order valence-electron chi connectivity index (χ0n) is 34.8. The van der Waals surface area contributed by atoms with Crippen molar-refractivity contribution < 1.29 is 28.2 Å². The lowest BCUT2D eigenvalue weighted by Gasteiger charge is -2.61. The van der Waals surface area contributed by atoms with Crippen molar-refractivity contribution >= 4 is 16.9 Å². The Morgan fingerprint density at radius 1 is 0.929 bits per heavy atom. The number of fused-ring (bicyclic) bond motifs is 7. The molecule has 1 aliphatic heterocycles. The summed E-state index contributed by atoms with van der Waals surface area (Å²) < 4.78 is 29.8. The van der Waals surface area contributed by atoms with Crippen LogP contribution in [0.4, 0.5) is 0 Å². The van der Waals surface area contributed by atoms with E-state index in [9.17, 15) is 9.59 Å². The van der Waals surface area contributed by atoms with Crippen molar-refractivity contribution in [2.24, 2.45) is 46.3 Å². The van der Waals surface area contributed by atoms with E-state index in [1.807, 2.05) is 18.2 Å². The molecule has 0 saturated heterocycles. The average Bonchev–Trinajstić information content (AvgIpc) is 3.41. The van der Waals surface area contributed by atoms with Crippen LogP contribution in [0.1, 0.15) is 124 Å². The van der Waals surface area contributed by atoms with Crippen LogP contribution in [0.5, 0.6) is 17.2 Å². The lowest BCUT2D eigenvalue weighted by molar-refractivity contribution is -0.154. The molecule has 0 N–H and O–H groups in total. The van der Waals surface area contributed by atoms with Gasteiger partial charge >= 0.3 is 5.97 Å². The summed E-state index contributed by atoms with van der Waals surface area (Å²) in [6.45, 7) is 15.2. The molecule has 56 heavy (non-hydrogen) atoms. The molecule has 5 aliphatic rings. The summed E-state index contributed by atoms with van der Waals surface area (Å²) in [7, 11) is 0. The van der Waals surface area contributed by atoms with Gasteiger partial charge in [-0.15, -0.1) is 0 Å². The summed E-state index contributed by atoms with van der Waals surface area (Å²) in [4.78, 5) is 26.8. The molecule has 2 aromatic carbocycles. The first kappa shape index (κ1) is 39.1. The summed E-state index contributed by atoms with van der Waals surface area (Å²) in [6.07, 6.45) is 18.3. The number of rotatable bonds is 10. The number of benzene rings is 2. The van der Waals surface area contributed by atoms with E-state index >= 15 is 0 Å². The zero-order chi connectivity index (χ0) is 39.2. The van der Waals surface area contributed by atoms with Crippen molar-refractivity contribution in [2.75, 3.05) is 19.8 Å². The molecule has 0 bridgehead atoms. The van der Waals surface area contributed by atoms with Crippen LogP contribution in [0.25, 0.3) is 22.1 Å². The van der Waals surface area contributed by atoms with Gasteiger partial charge in [0.05, 0.1) is 24.2 Å². The standard InChI is InChI=1S/C49H64O7/c1-30(2)9-7-10-31(3)34-11-17-40-38-15-13-35-26-37(19-22-49(35,6)41(38)20-21-48(40,5)28-34)56-45(50)29-54-36-14-16-39-43(27-36)55-32(4)46(47(39)51)33-12-18-42-44(25-33)53-24-8-23-52-42/h12-14,16,18,25,27,30-31,34,37-38,40-41H,7-11,15,17,19-24,26,28-29H2,1-6H3/t31-,34+,37-,38-,40+,41+,48-,49+/m1/s1. The van der Waals surface area contributed by atoms with Gasteiger partial charge in [0.15, 0.2) is 18.1 Å². The topological polar surface area (TPSA) is 84.2 Å². The Bertz CT molecular complexity index is 2010. The first-order chi connectivity index (χ1) is 26.9. The Morgan fingerprint density at radius 3 is 2.57 bits per heavy atom. The van der Waals surface area contributed by atoms with E-state index in [0.29, 0.717) is 63.7 Å². The number of allylic oxidation sites excluding steroid dienone is 1.